The molecule has 2 rings (SSSR count). The number of carbonyl (C=O) groups excluding carboxylic acids is 1. The third-order valence-corrected chi connectivity index (χ3v) is 2.83. The van der Waals surface area contributed by atoms with Gasteiger partial charge >= 0.3 is 0 Å². The predicted molar refractivity (Wildman–Crippen MR) is 61.5 cm³/mol. The summed E-state index contributed by atoms with van der Waals surface area (Å²) >= 11 is 0. The van der Waals surface area contributed by atoms with Gasteiger partial charge in [-0.05, 0) is 19.1 Å². The van der Waals surface area contributed by atoms with Crippen LogP contribution in [0.5, 0.6) is 0 Å². The van der Waals surface area contributed by atoms with Gasteiger partial charge in [-0.2, -0.15) is 0 Å². The standard InChI is InChI=1S/C12H16N2O2/c1-9-8-12(16)14(10(2)15)13(9)11-6-4-3-5-7-11/h3-7,9,12,16H,8H2,1-2H3. The molecule has 1 aliphatic heterocycles. The second-order valence-electron chi connectivity index (χ2n) is 4.11. The van der Waals surface area contributed by atoms with E-state index < -0.39 is 6.23 Å². The van der Waals surface area contributed by atoms with Gasteiger partial charge in [0.15, 0.2) is 6.23 Å². The summed E-state index contributed by atoms with van der Waals surface area (Å²) in [5.41, 5.74) is 0.932. The zero-order valence-electron chi connectivity index (χ0n) is 9.50. The minimum Gasteiger partial charge on any atom is -0.372 e. The summed E-state index contributed by atoms with van der Waals surface area (Å²) in [5, 5.41) is 13.1. The Bertz CT molecular complexity index is 380. The van der Waals surface area contributed by atoms with E-state index in [0.717, 1.165) is 5.69 Å². The van der Waals surface area contributed by atoms with Gasteiger partial charge in [-0.1, -0.05) is 18.2 Å². The summed E-state index contributed by atoms with van der Waals surface area (Å²) in [5.74, 6) is -0.138. The maximum atomic E-state index is 11.5. The molecule has 1 aromatic rings. The third kappa shape index (κ3) is 1.76. The van der Waals surface area contributed by atoms with E-state index in [1.54, 1.807) is 0 Å². The highest BCUT2D eigenvalue weighted by atomic mass is 16.3. The van der Waals surface area contributed by atoms with Crippen molar-refractivity contribution in [1.29, 1.82) is 0 Å². The van der Waals surface area contributed by atoms with E-state index in [1.807, 2.05) is 42.3 Å². The number of hydrogen-bond donors (Lipinski definition) is 1. The highest BCUT2D eigenvalue weighted by molar-refractivity contribution is 5.76. The molecule has 0 spiro atoms. The number of aliphatic hydroxyl groups is 1. The highest BCUT2D eigenvalue weighted by Gasteiger charge is 2.37. The largest absolute Gasteiger partial charge is 0.372 e. The van der Waals surface area contributed by atoms with Crippen LogP contribution in [0.15, 0.2) is 30.3 Å². The van der Waals surface area contributed by atoms with Crippen LogP contribution in [0.2, 0.25) is 0 Å². The maximum Gasteiger partial charge on any atom is 0.240 e. The number of anilines is 1. The average Bonchev–Trinajstić information content (AvgIpc) is 2.55. The van der Waals surface area contributed by atoms with Crippen LogP contribution in [0, 0.1) is 0 Å². The van der Waals surface area contributed by atoms with Gasteiger partial charge in [0.2, 0.25) is 5.91 Å². The molecule has 0 aromatic heterocycles. The van der Waals surface area contributed by atoms with Crippen LogP contribution < -0.4 is 5.01 Å². The third-order valence-electron chi connectivity index (χ3n) is 2.83. The van der Waals surface area contributed by atoms with Crippen molar-refractivity contribution in [3.8, 4) is 0 Å². The monoisotopic (exact) mass is 220 g/mol. The summed E-state index contributed by atoms with van der Waals surface area (Å²) in [7, 11) is 0. The summed E-state index contributed by atoms with van der Waals surface area (Å²) in [6.45, 7) is 3.47. The average molecular weight is 220 g/mol. The van der Waals surface area contributed by atoms with Crippen LogP contribution in [-0.2, 0) is 4.79 Å². The Morgan fingerprint density at radius 3 is 2.56 bits per heavy atom. The lowest BCUT2D eigenvalue weighted by Gasteiger charge is -2.33. The molecule has 4 heteroatoms. The Hall–Kier alpha value is -1.55. The second-order valence-corrected chi connectivity index (χ2v) is 4.11. The lowest BCUT2D eigenvalue weighted by atomic mass is 10.2. The molecule has 1 aliphatic rings. The molecule has 16 heavy (non-hydrogen) atoms. The minimum absolute atomic E-state index is 0.126. The first-order valence-corrected chi connectivity index (χ1v) is 5.43. The van der Waals surface area contributed by atoms with E-state index in [1.165, 1.54) is 11.9 Å². The Labute approximate surface area is 95.1 Å². The van der Waals surface area contributed by atoms with Crippen molar-refractivity contribution in [3.63, 3.8) is 0 Å². The molecule has 0 saturated carbocycles. The zero-order chi connectivity index (χ0) is 11.7. The van der Waals surface area contributed by atoms with Gasteiger partial charge in [0.25, 0.3) is 0 Å². The van der Waals surface area contributed by atoms with Crippen molar-refractivity contribution in [1.82, 2.24) is 5.01 Å². The van der Waals surface area contributed by atoms with Crippen molar-refractivity contribution in [3.05, 3.63) is 30.3 Å². The van der Waals surface area contributed by atoms with Crippen LogP contribution in [0.3, 0.4) is 0 Å². The van der Waals surface area contributed by atoms with Crippen LogP contribution in [0.1, 0.15) is 20.3 Å². The number of hydrogen-bond acceptors (Lipinski definition) is 3. The molecule has 1 N–H and O–H groups in total. The number of carbonyl (C=O) groups is 1. The van der Waals surface area contributed by atoms with Crippen molar-refractivity contribution in [2.75, 3.05) is 5.01 Å². The Morgan fingerprint density at radius 1 is 1.38 bits per heavy atom. The first-order valence-electron chi connectivity index (χ1n) is 5.43. The number of hydrazine groups is 1. The van der Waals surface area contributed by atoms with Crippen LogP contribution in [0.25, 0.3) is 0 Å². The minimum atomic E-state index is -0.715. The van der Waals surface area contributed by atoms with Gasteiger partial charge in [0.05, 0.1) is 11.7 Å². The van der Waals surface area contributed by atoms with Crippen molar-refractivity contribution in [2.45, 2.75) is 32.5 Å². The van der Waals surface area contributed by atoms with Gasteiger partial charge in [-0.15, -0.1) is 0 Å². The summed E-state index contributed by atoms with van der Waals surface area (Å²) in [4.78, 5) is 11.5. The normalized spacial score (nSPS) is 24.9. The Balaban J connectivity index is 2.34. The molecular formula is C12H16N2O2. The summed E-state index contributed by atoms with van der Waals surface area (Å²) in [6, 6.07) is 9.77. The molecule has 86 valence electrons. The molecule has 2 atom stereocenters. The first kappa shape index (κ1) is 11.0. The van der Waals surface area contributed by atoms with E-state index in [2.05, 4.69) is 0 Å². The molecule has 1 heterocycles. The molecule has 1 aromatic carbocycles. The molecule has 1 amide bonds. The van der Waals surface area contributed by atoms with Crippen molar-refractivity contribution >= 4 is 11.6 Å². The van der Waals surface area contributed by atoms with Crippen LogP contribution >= 0.6 is 0 Å². The molecule has 2 unspecified atom stereocenters. The van der Waals surface area contributed by atoms with Crippen LogP contribution in [-0.4, -0.2) is 28.3 Å². The SMILES string of the molecule is CC(=O)N1C(O)CC(C)N1c1ccccc1. The fourth-order valence-corrected chi connectivity index (χ4v) is 2.18. The number of amides is 1. The quantitative estimate of drug-likeness (QED) is 0.777. The number of rotatable bonds is 1. The van der Waals surface area contributed by atoms with E-state index in [-0.39, 0.29) is 11.9 Å². The van der Waals surface area contributed by atoms with Crippen molar-refractivity contribution in [2.24, 2.45) is 0 Å². The molecule has 1 fully saturated rings. The molecular weight excluding hydrogens is 204 g/mol. The number of benzene rings is 1. The Kier molecular flexibility index (Phi) is 2.83. The molecule has 0 aliphatic carbocycles. The van der Waals surface area contributed by atoms with Gasteiger partial charge in [-0.3, -0.25) is 9.80 Å². The number of nitrogens with zero attached hydrogens (tertiary/aromatic N) is 2. The fraction of sp³-hybridized carbons (Fsp3) is 0.417. The molecule has 4 nitrogen and oxygen atoms in total. The van der Waals surface area contributed by atoms with Gasteiger partial charge in [0.1, 0.15) is 0 Å². The summed E-state index contributed by atoms with van der Waals surface area (Å²) < 4.78 is 0. The highest BCUT2D eigenvalue weighted by Crippen LogP contribution is 2.29. The second kappa shape index (κ2) is 4.14. The lowest BCUT2D eigenvalue weighted by Crippen LogP contribution is -2.46. The van der Waals surface area contributed by atoms with E-state index >= 15 is 0 Å². The smallest absolute Gasteiger partial charge is 0.240 e. The van der Waals surface area contributed by atoms with E-state index in [0.29, 0.717) is 6.42 Å². The summed E-state index contributed by atoms with van der Waals surface area (Å²) in [6.07, 6.45) is -0.137. The number of aliphatic hydroxyl groups excluding tert-OH is 1. The molecule has 0 radical (unpaired) electrons. The van der Waals surface area contributed by atoms with Crippen LogP contribution in [0.4, 0.5) is 5.69 Å². The van der Waals surface area contributed by atoms with E-state index in [4.69, 9.17) is 0 Å². The predicted octanol–water partition coefficient (Wildman–Crippen LogP) is 1.37. The Morgan fingerprint density at radius 2 is 2.00 bits per heavy atom. The first-order chi connectivity index (χ1) is 7.61. The number of para-hydroxylation sites is 1. The van der Waals surface area contributed by atoms with E-state index in [9.17, 15) is 9.90 Å². The maximum absolute atomic E-state index is 11.5. The molecule has 0 bridgehead atoms. The zero-order valence-corrected chi connectivity index (χ0v) is 9.50. The van der Waals surface area contributed by atoms with Gasteiger partial charge in [0, 0.05) is 13.3 Å². The van der Waals surface area contributed by atoms with Gasteiger partial charge < -0.3 is 5.11 Å². The molecule has 1 saturated heterocycles. The fourth-order valence-electron chi connectivity index (χ4n) is 2.18. The van der Waals surface area contributed by atoms with Gasteiger partial charge in [-0.25, -0.2) is 5.01 Å². The van der Waals surface area contributed by atoms with Crippen molar-refractivity contribution < 1.29 is 9.90 Å². The lowest BCUT2D eigenvalue weighted by molar-refractivity contribution is -0.136. The topological polar surface area (TPSA) is 43.8 Å².